The summed E-state index contributed by atoms with van der Waals surface area (Å²) in [7, 11) is 1.64. The Morgan fingerprint density at radius 1 is 1.16 bits per heavy atom. The second-order valence-corrected chi connectivity index (χ2v) is 8.00. The van der Waals surface area contributed by atoms with Gasteiger partial charge in [0.25, 0.3) is 0 Å². The van der Waals surface area contributed by atoms with Crippen molar-refractivity contribution in [2.45, 2.75) is 32.9 Å². The van der Waals surface area contributed by atoms with E-state index in [2.05, 4.69) is 35.0 Å². The van der Waals surface area contributed by atoms with Crippen LogP contribution in [0.1, 0.15) is 24.6 Å². The van der Waals surface area contributed by atoms with Gasteiger partial charge in [0.1, 0.15) is 5.75 Å². The number of rotatable bonds is 8. The Balaban J connectivity index is 1.32. The number of carbonyl (C=O) groups is 2. The first-order chi connectivity index (χ1) is 15.1. The number of methoxy groups -OCH3 is 1. The van der Waals surface area contributed by atoms with Crippen molar-refractivity contribution in [3.8, 4) is 5.75 Å². The molecule has 0 saturated carbocycles. The maximum absolute atomic E-state index is 12.8. The molecule has 0 spiro atoms. The van der Waals surface area contributed by atoms with Gasteiger partial charge in [-0.2, -0.15) is 0 Å². The summed E-state index contributed by atoms with van der Waals surface area (Å²) in [4.78, 5) is 27.0. The summed E-state index contributed by atoms with van der Waals surface area (Å²) in [6.45, 7) is 4.53. The van der Waals surface area contributed by atoms with Gasteiger partial charge >= 0.3 is 0 Å². The van der Waals surface area contributed by atoms with Gasteiger partial charge in [0, 0.05) is 37.3 Å². The Morgan fingerprint density at radius 2 is 1.94 bits per heavy atom. The highest BCUT2D eigenvalue weighted by Gasteiger charge is 2.33. The molecule has 6 nitrogen and oxygen atoms in total. The lowest BCUT2D eigenvalue weighted by Crippen LogP contribution is -2.33. The summed E-state index contributed by atoms with van der Waals surface area (Å²) in [5.74, 6) is 0.534. The highest BCUT2D eigenvalue weighted by Crippen LogP contribution is 2.22. The minimum atomic E-state index is -0.289. The monoisotopic (exact) mass is 419 g/mol. The molecule has 1 fully saturated rings. The zero-order valence-corrected chi connectivity index (χ0v) is 18.1. The first kappa shape index (κ1) is 21.0. The van der Waals surface area contributed by atoms with Gasteiger partial charge in [-0.05, 0) is 48.6 Å². The zero-order chi connectivity index (χ0) is 21.8. The van der Waals surface area contributed by atoms with Crippen LogP contribution in [0.4, 0.5) is 0 Å². The summed E-state index contributed by atoms with van der Waals surface area (Å²) >= 11 is 0. The molecule has 6 heteroatoms. The molecule has 162 valence electrons. The van der Waals surface area contributed by atoms with E-state index in [1.54, 1.807) is 12.0 Å². The van der Waals surface area contributed by atoms with Crippen molar-refractivity contribution >= 4 is 22.7 Å². The average molecular weight is 420 g/mol. The number of aryl methyl sites for hydroxylation is 1. The molecule has 1 atom stereocenters. The summed E-state index contributed by atoms with van der Waals surface area (Å²) in [6, 6.07) is 18.2. The topological polar surface area (TPSA) is 63.6 Å². The molecule has 0 bridgehead atoms. The van der Waals surface area contributed by atoms with Crippen LogP contribution >= 0.6 is 0 Å². The van der Waals surface area contributed by atoms with Crippen LogP contribution in [0.15, 0.2) is 54.6 Å². The van der Waals surface area contributed by atoms with Crippen molar-refractivity contribution in [3.63, 3.8) is 0 Å². The smallest absolute Gasteiger partial charge is 0.225 e. The predicted octanol–water partition coefficient (Wildman–Crippen LogP) is 3.38. The van der Waals surface area contributed by atoms with Gasteiger partial charge < -0.3 is 19.5 Å². The standard InChI is InChI=1S/C25H29N3O3/c1-3-28-21(14-19-6-4-5-7-23(19)28)16-26-25(30)20-15-24(29)27(17-20)13-12-18-8-10-22(31-2)11-9-18/h4-11,14,20H,3,12-13,15-17H2,1-2H3,(H,26,30)/t20-/m0/s1. The number of para-hydroxylation sites is 1. The highest BCUT2D eigenvalue weighted by atomic mass is 16.5. The second-order valence-electron chi connectivity index (χ2n) is 8.00. The van der Waals surface area contributed by atoms with Gasteiger partial charge in [0.2, 0.25) is 11.8 Å². The van der Waals surface area contributed by atoms with Crippen LogP contribution in [-0.2, 0) is 29.1 Å². The number of hydrogen-bond acceptors (Lipinski definition) is 3. The number of nitrogens with one attached hydrogen (secondary N) is 1. The number of amides is 2. The summed E-state index contributed by atoms with van der Waals surface area (Å²) < 4.78 is 7.40. The lowest BCUT2D eigenvalue weighted by Gasteiger charge is -2.17. The molecule has 1 saturated heterocycles. The molecule has 31 heavy (non-hydrogen) atoms. The number of carbonyl (C=O) groups excluding carboxylic acids is 2. The van der Waals surface area contributed by atoms with Crippen LogP contribution in [0.25, 0.3) is 10.9 Å². The Labute approximate surface area is 182 Å². The fourth-order valence-corrected chi connectivity index (χ4v) is 4.33. The molecule has 2 aromatic carbocycles. The lowest BCUT2D eigenvalue weighted by molar-refractivity contribution is -0.129. The normalized spacial score (nSPS) is 16.1. The van der Waals surface area contributed by atoms with E-state index in [9.17, 15) is 9.59 Å². The van der Waals surface area contributed by atoms with E-state index in [0.29, 0.717) is 19.6 Å². The van der Waals surface area contributed by atoms with Gasteiger partial charge in [0.05, 0.1) is 19.6 Å². The summed E-state index contributed by atoms with van der Waals surface area (Å²) in [5, 5.41) is 4.23. The highest BCUT2D eigenvalue weighted by molar-refractivity contribution is 5.89. The number of likely N-dealkylation sites (tertiary alicyclic amines) is 1. The number of aromatic nitrogens is 1. The van der Waals surface area contributed by atoms with E-state index in [1.165, 1.54) is 10.9 Å². The third-order valence-electron chi connectivity index (χ3n) is 6.07. The van der Waals surface area contributed by atoms with Crippen molar-refractivity contribution < 1.29 is 14.3 Å². The van der Waals surface area contributed by atoms with Crippen molar-refractivity contribution in [2.75, 3.05) is 20.2 Å². The lowest BCUT2D eigenvalue weighted by atomic mass is 10.1. The molecule has 1 aromatic heterocycles. The van der Waals surface area contributed by atoms with E-state index >= 15 is 0 Å². The fraction of sp³-hybridized carbons (Fsp3) is 0.360. The molecular weight excluding hydrogens is 390 g/mol. The molecule has 3 aromatic rings. The van der Waals surface area contributed by atoms with Crippen molar-refractivity contribution in [3.05, 3.63) is 65.9 Å². The molecule has 2 heterocycles. The number of ether oxygens (including phenoxy) is 1. The van der Waals surface area contributed by atoms with E-state index < -0.39 is 0 Å². The van der Waals surface area contributed by atoms with Gasteiger partial charge in [0.15, 0.2) is 0 Å². The average Bonchev–Trinajstić information content (AvgIpc) is 3.36. The first-order valence-electron chi connectivity index (χ1n) is 10.8. The Hall–Kier alpha value is -3.28. The summed E-state index contributed by atoms with van der Waals surface area (Å²) in [6.07, 6.45) is 1.05. The van der Waals surface area contributed by atoms with Crippen molar-refractivity contribution in [1.29, 1.82) is 0 Å². The quantitative estimate of drug-likeness (QED) is 0.609. The molecule has 0 radical (unpaired) electrons. The number of benzene rings is 2. The largest absolute Gasteiger partial charge is 0.497 e. The minimum Gasteiger partial charge on any atom is -0.497 e. The van der Waals surface area contributed by atoms with Gasteiger partial charge in [-0.1, -0.05) is 30.3 Å². The molecule has 0 unspecified atom stereocenters. The third kappa shape index (κ3) is 4.58. The van der Waals surface area contributed by atoms with Crippen LogP contribution in [0.3, 0.4) is 0 Å². The van der Waals surface area contributed by atoms with Crippen molar-refractivity contribution in [2.24, 2.45) is 5.92 Å². The molecule has 4 rings (SSSR count). The van der Waals surface area contributed by atoms with Crippen LogP contribution in [-0.4, -0.2) is 41.5 Å². The van der Waals surface area contributed by atoms with Crippen LogP contribution in [0.2, 0.25) is 0 Å². The Morgan fingerprint density at radius 3 is 2.68 bits per heavy atom. The minimum absolute atomic E-state index is 0.0480. The molecule has 1 aliphatic rings. The van der Waals surface area contributed by atoms with Crippen LogP contribution < -0.4 is 10.1 Å². The van der Waals surface area contributed by atoms with Gasteiger partial charge in [-0.25, -0.2) is 0 Å². The summed E-state index contributed by atoms with van der Waals surface area (Å²) in [5.41, 5.74) is 3.40. The van der Waals surface area contributed by atoms with E-state index in [4.69, 9.17) is 4.74 Å². The zero-order valence-electron chi connectivity index (χ0n) is 18.1. The SMILES string of the molecule is CCn1c(CNC(=O)[C@H]2CC(=O)N(CCc3ccc(OC)cc3)C2)cc2ccccc21. The number of hydrogen-bond donors (Lipinski definition) is 1. The van der Waals surface area contributed by atoms with E-state index in [0.717, 1.165) is 30.0 Å². The van der Waals surface area contributed by atoms with Crippen LogP contribution in [0.5, 0.6) is 5.75 Å². The van der Waals surface area contributed by atoms with E-state index in [-0.39, 0.29) is 24.2 Å². The Kier molecular flexibility index (Phi) is 6.26. The molecule has 0 aliphatic carbocycles. The number of nitrogens with zero attached hydrogens (tertiary/aromatic N) is 2. The van der Waals surface area contributed by atoms with E-state index in [1.807, 2.05) is 36.4 Å². The Bertz CT molecular complexity index is 1070. The third-order valence-corrected chi connectivity index (χ3v) is 6.07. The predicted molar refractivity (Wildman–Crippen MR) is 121 cm³/mol. The molecule has 1 aliphatic heterocycles. The second kappa shape index (κ2) is 9.25. The maximum Gasteiger partial charge on any atom is 0.225 e. The maximum atomic E-state index is 12.8. The van der Waals surface area contributed by atoms with Crippen LogP contribution in [0, 0.1) is 5.92 Å². The number of fused-ring (bicyclic) bond motifs is 1. The van der Waals surface area contributed by atoms with Gasteiger partial charge in [-0.15, -0.1) is 0 Å². The fourth-order valence-electron chi connectivity index (χ4n) is 4.33. The van der Waals surface area contributed by atoms with Crippen molar-refractivity contribution in [1.82, 2.24) is 14.8 Å². The molecule has 2 amide bonds. The molecular formula is C25H29N3O3. The first-order valence-corrected chi connectivity index (χ1v) is 10.8. The molecule has 1 N–H and O–H groups in total. The van der Waals surface area contributed by atoms with Gasteiger partial charge in [-0.3, -0.25) is 9.59 Å².